The molecule has 0 aliphatic rings. The molecule has 0 fully saturated rings. The average Bonchev–Trinajstić information content (AvgIpc) is 2.81. The van der Waals surface area contributed by atoms with Gasteiger partial charge in [0.1, 0.15) is 12.2 Å². The Labute approximate surface area is 191 Å². The molecule has 1 heterocycles. The summed E-state index contributed by atoms with van der Waals surface area (Å²) in [5, 5.41) is 2.52. The molecule has 0 saturated carbocycles. The van der Waals surface area contributed by atoms with Gasteiger partial charge in [-0.1, -0.05) is 36.4 Å². The highest BCUT2D eigenvalue weighted by Gasteiger charge is 2.24. The number of benzene rings is 3. The van der Waals surface area contributed by atoms with Crippen molar-refractivity contribution in [3.8, 4) is 0 Å². The van der Waals surface area contributed by atoms with Gasteiger partial charge in [-0.3, -0.25) is 0 Å². The van der Waals surface area contributed by atoms with Gasteiger partial charge in [0.05, 0.1) is 10.5 Å². The number of carbonyl (C=O) groups is 1. The smallest absolute Gasteiger partial charge is 0.338 e. The second-order valence-electron chi connectivity index (χ2n) is 7.97. The highest BCUT2D eigenvalue weighted by Crippen LogP contribution is 2.28. The molecular weight excluding hydrogens is 442 g/mol. The molecule has 0 atom stereocenters. The number of hydrogen-bond acceptors (Lipinski definition) is 6. The number of sulfonamides is 1. The van der Waals surface area contributed by atoms with Gasteiger partial charge >= 0.3 is 11.6 Å². The van der Waals surface area contributed by atoms with Crippen LogP contribution in [0.4, 0.5) is 0 Å². The van der Waals surface area contributed by atoms with Crippen molar-refractivity contribution >= 4 is 37.7 Å². The van der Waals surface area contributed by atoms with Crippen molar-refractivity contribution in [1.82, 2.24) is 4.31 Å². The minimum atomic E-state index is -3.75. The fraction of sp³-hybridized carbons (Fsp3) is 0.200. The lowest BCUT2D eigenvalue weighted by Gasteiger charge is -2.21. The summed E-state index contributed by atoms with van der Waals surface area (Å²) in [6.45, 7) is 3.36. The van der Waals surface area contributed by atoms with Crippen molar-refractivity contribution in [1.29, 1.82) is 0 Å². The Morgan fingerprint density at radius 1 is 1.03 bits per heavy atom. The number of nitrogens with zero attached hydrogens (tertiary/aromatic N) is 1. The zero-order chi connectivity index (χ0) is 23.8. The van der Waals surface area contributed by atoms with E-state index in [1.165, 1.54) is 41.7 Å². The van der Waals surface area contributed by atoms with Crippen LogP contribution in [-0.4, -0.2) is 31.8 Å². The average molecular weight is 466 g/mol. The van der Waals surface area contributed by atoms with Gasteiger partial charge in [0, 0.05) is 30.1 Å². The zero-order valence-corrected chi connectivity index (χ0v) is 19.3. The monoisotopic (exact) mass is 465 g/mol. The van der Waals surface area contributed by atoms with E-state index in [0.29, 0.717) is 16.5 Å². The Kier molecular flexibility index (Phi) is 6.05. The molecule has 0 unspecified atom stereocenters. The maximum absolute atomic E-state index is 12.8. The summed E-state index contributed by atoms with van der Waals surface area (Å²) in [6.07, 6.45) is 0. The first-order valence-electron chi connectivity index (χ1n) is 10.4. The van der Waals surface area contributed by atoms with Crippen molar-refractivity contribution in [3.63, 3.8) is 0 Å². The van der Waals surface area contributed by atoms with E-state index in [1.807, 2.05) is 30.3 Å². The molecule has 0 aliphatic carbocycles. The molecule has 4 aromatic rings. The van der Waals surface area contributed by atoms with E-state index < -0.39 is 21.6 Å². The van der Waals surface area contributed by atoms with E-state index in [1.54, 1.807) is 19.9 Å². The normalized spacial score (nSPS) is 12.0. The molecule has 0 saturated heterocycles. The molecule has 4 rings (SSSR count). The molecule has 0 N–H and O–H groups in total. The fourth-order valence-electron chi connectivity index (χ4n) is 3.59. The SMILES string of the molecule is CC(C)N(C)S(=O)(=O)c1cccc(C(=O)OCc2cc(=O)oc3ccc4ccccc4c23)c1. The van der Waals surface area contributed by atoms with Crippen LogP contribution in [0.2, 0.25) is 0 Å². The first kappa shape index (κ1) is 22.7. The van der Waals surface area contributed by atoms with Gasteiger partial charge in [-0.25, -0.2) is 18.0 Å². The standard InChI is InChI=1S/C25H23NO6S/c1-16(2)26(3)33(29,30)20-9-6-8-18(13-20)25(28)31-15-19-14-23(27)32-22-12-11-17-7-4-5-10-21(17)24(19)22/h4-14,16H,15H2,1-3H3. The van der Waals surface area contributed by atoms with Crippen LogP contribution < -0.4 is 5.63 Å². The van der Waals surface area contributed by atoms with Crippen molar-refractivity contribution in [2.24, 2.45) is 0 Å². The quantitative estimate of drug-likeness (QED) is 0.239. The van der Waals surface area contributed by atoms with Crippen LogP contribution in [0.5, 0.6) is 0 Å². The van der Waals surface area contributed by atoms with E-state index in [9.17, 15) is 18.0 Å². The van der Waals surface area contributed by atoms with Gasteiger partial charge < -0.3 is 9.15 Å². The third-order valence-electron chi connectivity index (χ3n) is 5.55. The topological polar surface area (TPSA) is 93.9 Å². The highest BCUT2D eigenvalue weighted by molar-refractivity contribution is 7.89. The lowest BCUT2D eigenvalue weighted by Crippen LogP contribution is -2.33. The molecule has 0 radical (unpaired) electrons. The summed E-state index contributed by atoms with van der Waals surface area (Å²) >= 11 is 0. The second-order valence-corrected chi connectivity index (χ2v) is 9.97. The number of fused-ring (bicyclic) bond motifs is 3. The number of ether oxygens (including phenoxy) is 1. The highest BCUT2D eigenvalue weighted by atomic mass is 32.2. The maximum Gasteiger partial charge on any atom is 0.338 e. The van der Waals surface area contributed by atoms with Crippen LogP contribution in [0, 0.1) is 0 Å². The third-order valence-corrected chi connectivity index (χ3v) is 7.58. The molecule has 8 heteroatoms. The summed E-state index contributed by atoms with van der Waals surface area (Å²) in [5.74, 6) is -0.694. The van der Waals surface area contributed by atoms with E-state index in [2.05, 4.69) is 0 Å². The predicted molar refractivity (Wildman–Crippen MR) is 126 cm³/mol. The van der Waals surface area contributed by atoms with Gasteiger partial charge in [-0.05, 0) is 48.9 Å². The first-order valence-corrected chi connectivity index (χ1v) is 11.8. The third kappa shape index (κ3) is 4.40. The molecule has 1 aromatic heterocycles. The molecule has 33 heavy (non-hydrogen) atoms. The van der Waals surface area contributed by atoms with Crippen LogP contribution in [0.3, 0.4) is 0 Å². The number of rotatable bonds is 6. The van der Waals surface area contributed by atoms with E-state index >= 15 is 0 Å². The molecular formula is C25H23NO6S. The number of hydrogen-bond donors (Lipinski definition) is 0. The summed E-state index contributed by atoms with van der Waals surface area (Å²) < 4.78 is 37.6. The molecule has 0 bridgehead atoms. The summed E-state index contributed by atoms with van der Waals surface area (Å²) in [5.41, 5.74) is 0.464. The molecule has 0 amide bonds. The van der Waals surface area contributed by atoms with Gasteiger partial charge in [-0.2, -0.15) is 4.31 Å². The van der Waals surface area contributed by atoms with Gasteiger partial charge in [0.2, 0.25) is 10.0 Å². The van der Waals surface area contributed by atoms with Crippen molar-refractivity contribution in [3.05, 3.63) is 88.3 Å². The first-order chi connectivity index (χ1) is 15.7. The van der Waals surface area contributed by atoms with Crippen molar-refractivity contribution in [2.75, 3.05) is 7.05 Å². The number of carbonyl (C=O) groups excluding carboxylic acids is 1. The lowest BCUT2D eigenvalue weighted by molar-refractivity contribution is 0.0473. The minimum Gasteiger partial charge on any atom is -0.457 e. The van der Waals surface area contributed by atoms with Crippen LogP contribution in [0.1, 0.15) is 29.8 Å². The van der Waals surface area contributed by atoms with Crippen molar-refractivity contribution in [2.45, 2.75) is 31.4 Å². The number of esters is 1. The molecule has 3 aromatic carbocycles. The summed E-state index contributed by atoms with van der Waals surface area (Å²) in [7, 11) is -2.26. The van der Waals surface area contributed by atoms with E-state index in [0.717, 1.165) is 10.8 Å². The van der Waals surface area contributed by atoms with Gasteiger partial charge in [0.15, 0.2) is 0 Å². The zero-order valence-electron chi connectivity index (χ0n) is 18.4. The van der Waals surface area contributed by atoms with Crippen molar-refractivity contribution < 1.29 is 22.4 Å². The lowest BCUT2D eigenvalue weighted by atomic mass is 10.0. The Hall–Kier alpha value is -3.49. The maximum atomic E-state index is 12.8. The molecule has 0 spiro atoms. The minimum absolute atomic E-state index is 0.00458. The molecule has 170 valence electrons. The van der Waals surface area contributed by atoms with E-state index in [4.69, 9.17) is 9.15 Å². The summed E-state index contributed by atoms with van der Waals surface area (Å²) in [6, 6.07) is 18.0. The Bertz CT molecular complexity index is 1520. The van der Waals surface area contributed by atoms with Crippen LogP contribution in [0.25, 0.3) is 21.7 Å². The Morgan fingerprint density at radius 3 is 2.55 bits per heavy atom. The molecule has 0 aliphatic heterocycles. The molecule has 7 nitrogen and oxygen atoms in total. The van der Waals surface area contributed by atoms with Gasteiger partial charge in [0.25, 0.3) is 0 Å². The Morgan fingerprint density at radius 2 is 1.79 bits per heavy atom. The second kappa shape index (κ2) is 8.80. The largest absolute Gasteiger partial charge is 0.457 e. The van der Waals surface area contributed by atoms with Gasteiger partial charge in [-0.15, -0.1) is 0 Å². The summed E-state index contributed by atoms with van der Waals surface area (Å²) in [4.78, 5) is 24.8. The van der Waals surface area contributed by atoms with Crippen LogP contribution in [-0.2, 0) is 21.4 Å². The predicted octanol–water partition coefficient (Wildman–Crippen LogP) is 4.33. The van der Waals surface area contributed by atoms with Crippen LogP contribution in [0.15, 0.2) is 80.8 Å². The van der Waals surface area contributed by atoms with Crippen LogP contribution >= 0.6 is 0 Å². The Balaban J connectivity index is 1.65. The fourth-order valence-corrected chi connectivity index (χ4v) is 5.00. The van der Waals surface area contributed by atoms with E-state index in [-0.39, 0.29) is 23.1 Å².